The monoisotopic (exact) mass is 658 g/mol. The Morgan fingerprint density at radius 2 is 1.71 bits per heavy atom. The lowest BCUT2D eigenvalue weighted by Crippen LogP contribution is -2.47. The minimum atomic E-state index is -3.67. The molecule has 2 aliphatic heterocycles. The van der Waals surface area contributed by atoms with Gasteiger partial charge in [0, 0.05) is 44.8 Å². The van der Waals surface area contributed by atoms with E-state index in [2.05, 4.69) is 10.0 Å². The molecule has 3 aromatic rings. The van der Waals surface area contributed by atoms with Crippen molar-refractivity contribution in [1.29, 1.82) is 0 Å². The molecule has 0 aliphatic carbocycles. The van der Waals surface area contributed by atoms with Gasteiger partial charge in [-0.05, 0) is 60.2 Å². The van der Waals surface area contributed by atoms with Crippen LogP contribution in [-0.4, -0.2) is 83.4 Å². The fourth-order valence-corrected chi connectivity index (χ4v) is 8.40. The molecule has 11 nitrogen and oxygen atoms in total. The molecule has 2 fully saturated rings. The van der Waals surface area contributed by atoms with E-state index in [1.807, 2.05) is 30.3 Å². The molecule has 3 aromatic carbocycles. The van der Waals surface area contributed by atoms with E-state index in [1.165, 1.54) is 12.1 Å². The second-order valence-electron chi connectivity index (χ2n) is 11.6. The molecule has 1 spiro atoms. The molecule has 2 atom stereocenters. The number of hydrogen-bond donors (Lipinski definition) is 4. The Balaban J connectivity index is 1.10. The van der Waals surface area contributed by atoms with Crippen LogP contribution in [-0.2, 0) is 31.3 Å². The standard InChI is InChI=1S/C32H42N4O7S2/c1-2-35-44(38,39)30-7-4-6-29(18-30)42-23-28(37)21-34-27-19-32(43-22-27)13-15-36(16-14-32)45(40,41)31-8-3-5-26(17-31)25-11-9-24(20-33)10-12-25/h3-12,17-18,27-28,34-35,37H,2,13-16,19-23,33H2,1H3/t27?,28-/m0/s1. The molecule has 45 heavy (non-hydrogen) atoms. The first-order chi connectivity index (χ1) is 21.5. The molecule has 0 bridgehead atoms. The molecular formula is C32H42N4O7S2. The Morgan fingerprint density at radius 1 is 1.00 bits per heavy atom. The molecule has 5 N–H and O–H groups in total. The number of nitrogens with zero attached hydrogens (tertiary/aromatic N) is 1. The maximum Gasteiger partial charge on any atom is 0.243 e. The number of nitrogens with one attached hydrogen (secondary N) is 2. The zero-order valence-electron chi connectivity index (χ0n) is 25.4. The number of ether oxygens (including phenoxy) is 2. The topological polar surface area (TPSA) is 160 Å². The molecule has 0 saturated carbocycles. The Labute approximate surface area is 265 Å². The predicted octanol–water partition coefficient (Wildman–Crippen LogP) is 2.45. The van der Waals surface area contributed by atoms with Crippen molar-refractivity contribution >= 4 is 20.0 Å². The molecule has 0 radical (unpaired) electrons. The minimum Gasteiger partial charge on any atom is -0.491 e. The fourth-order valence-electron chi connectivity index (χ4n) is 5.83. The van der Waals surface area contributed by atoms with Crippen LogP contribution in [0.5, 0.6) is 5.75 Å². The lowest BCUT2D eigenvalue weighted by molar-refractivity contribution is -0.0312. The first-order valence-electron chi connectivity index (χ1n) is 15.2. The lowest BCUT2D eigenvalue weighted by atomic mass is 9.88. The van der Waals surface area contributed by atoms with E-state index in [-0.39, 0.29) is 35.5 Å². The van der Waals surface area contributed by atoms with Crippen molar-refractivity contribution in [2.24, 2.45) is 5.73 Å². The molecule has 5 rings (SSSR count). The Bertz CT molecular complexity index is 1660. The fraction of sp³-hybridized carbons (Fsp3) is 0.438. The van der Waals surface area contributed by atoms with E-state index in [0.29, 0.717) is 51.3 Å². The van der Waals surface area contributed by atoms with Crippen molar-refractivity contribution < 1.29 is 31.4 Å². The van der Waals surface area contributed by atoms with Crippen molar-refractivity contribution in [1.82, 2.24) is 14.3 Å². The second-order valence-corrected chi connectivity index (χ2v) is 15.3. The summed E-state index contributed by atoms with van der Waals surface area (Å²) < 4.78 is 67.4. The molecule has 1 unspecified atom stereocenters. The average molecular weight is 659 g/mol. The molecule has 0 amide bonds. The highest BCUT2D eigenvalue weighted by molar-refractivity contribution is 7.89. The van der Waals surface area contributed by atoms with Gasteiger partial charge in [0.15, 0.2) is 0 Å². The van der Waals surface area contributed by atoms with Gasteiger partial charge in [0.2, 0.25) is 20.0 Å². The summed E-state index contributed by atoms with van der Waals surface area (Å²) in [6.07, 6.45) is 1.06. The molecule has 2 aliphatic rings. The Kier molecular flexibility index (Phi) is 10.6. The van der Waals surface area contributed by atoms with E-state index >= 15 is 0 Å². The third-order valence-corrected chi connectivity index (χ3v) is 11.8. The number of hydrogen-bond acceptors (Lipinski definition) is 9. The van der Waals surface area contributed by atoms with Crippen LogP contribution < -0.4 is 20.5 Å². The molecule has 13 heteroatoms. The van der Waals surface area contributed by atoms with E-state index in [9.17, 15) is 21.9 Å². The number of nitrogens with two attached hydrogens (primary N) is 1. The number of piperidine rings is 1. The van der Waals surface area contributed by atoms with Gasteiger partial charge in [-0.2, -0.15) is 4.31 Å². The van der Waals surface area contributed by atoms with Crippen molar-refractivity contribution in [2.45, 2.75) is 60.3 Å². The first-order valence-corrected chi connectivity index (χ1v) is 18.1. The van der Waals surface area contributed by atoms with Crippen LogP contribution in [0.1, 0.15) is 31.7 Å². The van der Waals surface area contributed by atoms with Gasteiger partial charge in [-0.3, -0.25) is 0 Å². The van der Waals surface area contributed by atoms with Crippen LogP contribution in [0.4, 0.5) is 0 Å². The number of rotatable bonds is 13. The molecule has 2 heterocycles. The number of sulfonamides is 2. The summed E-state index contributed by atoms with van der Waals surface area (Å²) >= 11 is 0. The normalized spacial score (nSPS) is 19.5. The predicted molar refractivity (Wildman–Crippen MR) is 172 cm³/mol. The maximum atomic E-state index is 13.6. The zero-order chi connectivity index (χ0) is 32.1. The summed E-state index contributed by atoms with van der Waals surface area (Å²) in [6.45, 7) is 3.89. The lowest BCUT2D eigenvalue weighted by Gasteiger charge is -2.38. The Hall–Kier alpha value is -2.88. The van der Waals surface area contributed by atoms with Crippen LogP contribution in [0.3, 0.4) is 0 Å². The van der Waals surface area contributed by atoms with Gasteiger partial charge in [0.1, 0.15) is 18.5 Å². The smallest absolute Gasteiger partial charge is 0.243 e. The summed E-state index contributed by atoms with van der Waals surface area (Å²) in [5, 5.41) is 13.8. The van der Waals surface area contributed by atoms with Gasteiger partial charge in [0.25, 0.3) is 0 Å². The van der Waals surface area contributed by atoms with Crippen molar-refractivity contribution in [3.05, 3.63) is 78.4 Å². The maximum absolute atomic E-state index is 13.6. The zero-order valence-corrected chi connectivity index (χ0v) is 27.0. The van der Waals surface area contributed by atoms with Crippen LogP contribution >= 0.6 is 0 Å². The third-order valence-electron chi connectivity index (χ3n) is 8.37. The number of aliphatic hydroxyl groups excluding tert-OH is 1. The number of benzene rings is 3. The van der Waals surface area contributed by atoms with E-state index in [0.717, 1.165) is 16.7 Å². The first kappa shape index (κ1) is 33.5. The molecule has 2 saturated heterocycles. The highest BCUT2D eigenvalue weighted by Crippen LogP contribution is 2.37. The summed E-state index contributed by atoms with van der Waals surface area (Å²) in [7, 11) is -7.28. The van der Waals surface area contributed by atoms with Gasteiger partial charge in [-0.1, -0.05) is 49.4 Å². The largest absolute Gasteiger partial charge is 0.491 e. The summed E-state index contributed by atoms with van der Waals surface area (Å²) in [6, 6.07) is 21.0. The van der Waals surface area contributed by atoms with Crippen LogP contribution in [0.15, 0.2) is 82.6 Å². The number of aliphatic hydroxyl groups is 1. The highest BCUT2D eigenvalue weighted by atomic mass is 32.2. The summed E-state index contributed by atoms with van der Waals surface area (Å²) in [5.74, 6) is 0.353. The van der Waals surface area contributed by atoms with Crippen LogP contribution in [0.25, 0.3) is 11.1 Å². The molecule has 0 aromatic heterocycles. The van der Waals surface area contributed by atoms with E-state index in [1.54, 1.807) is 41.6 Å². The van der Waals surface area contributed by atoms with Crippen molar-refractivity contribution in [3.8, 4) is 16.9 Å². The summed E-state index contributed by atoms with van der Waals surface area (Å²) in [5.41, 5.74) is 8.07. The van der Waals surface area contributed by atoms with Crippen LogP contribution in [0.2, 0.25) is 0 Å². The Morgan fingerprint density at radius 3 is 2.42 bits per heavy atom. The molecular weight excluding hydrogens is 617 g/mol. The minimum absolute atomic E-state index is 0.0105. The molecule has 244 valence electrons. The van der Waals surface area contributed by atoms with E-state index in [4.69, 9.17) is 15.2 Å². The van der Waals surface area contributed by atoms with Gasteiger partial charge in [-0.15, -0.1) is 0 Å². The second kappa shape index (κ2) is 14.3. The van der Waals surface area contributed by atoms with E-state index < -0.39 is 31.8 Å². The van der Waals surface area contributed by atoms with Gasteiger partial charge in [-0.25, -0.2) is 21.6 Å². The highest BCUT2D eigenvalue weighted by Gasteiger charge is 2.44. The van der Waals surface area contributed by atoms with Crippen molar-refractivity contribution in [2.75, 3.05) is 39.4 Å². The van der Waals surface area contributed by atoms with Crippen LogP contribution in [0, 0.1) is 0 Å². The summed E-state index contributed by atoms with van der Waals surface area (Å²) in [4.78, 5) is 0.372. The van der Waals surface area contributed by atoms with Crippen molar-refractivity contribution in [3.63, 3.8) is 0 Å². The third kappa shape index (κ3) is 8.10. The van der Waals surface area contributed by atoms with Gasteiger partial charge in [0.05, 0.1) is 22.0 Å². The quantitative estimate of drug-likeness (QED) is 0.216. The SMILES string of the molecule is CCNS(=O)(=O)c1cccc(OC[C@@H](O)CNC2COC3(CCN(S(=O)(=O)c4cccc(-c5ccc(CN)cc5)c4)CC3)C2)c1. The van der Waals surface area contributed by atoms with Gasteiger partial charge >= 0.3 is 0 Å². The van der Waals surface area contributed by atoms with Gasteiger partial charge < -0.3 is 25.6 Å². The average Bonchev–Trinajstić information content (AvgIpc) is 3.45.